The number of ether oxygens (including phenoxy) is 4. The van der Waals surface area contributed by atoms with Crippen LogP contribution in [0.3, 0.4) is 0 Å². The molecule has 0 aromatic rings. The summed E-state index contributed by atoms with van der Waals surface area (Å²) in [5.41, 5.74) is 0. The SMILES string of the molecule is O=C(C[C@@H](CSC(=O)OCOC(=O)C1CCCCC1)C(=O)O)OCOC(=O)C1CCCCC1. The molecule has 11 heteroatoms. The zero-order valence-corrected chi connectivity index (χ0v) is 19.5. The molecule has 0 bridgehead atoms. The van der Waals surface area contributed by atoms with Crippen LogP contribution < -0.4 is 0 Å². The Labute approximate surface area is 197 Å². The Morgan fingerprint density at radius 2 is 1.21 bits per heavy atom. The van der Waals surface area contributed by atoms with Crippen LogP contribution in [0.5, 0.6) is 0 Å². The fraction of sp³-hybridized carbons (Fsp3) is 0.773. The maximum atomic E-state index is 11.9. The average Bonchev–Trinajstić information content (AvgIpc) is 2.82. The van der Waals surface area contributed by atoms with E-state index in [0.717, 1.165) is 64.2 Å². The number of thioether (sulfide) groups is 1. The second-order valence-corrected chi connectivity index (χ2v) is 9.25. The minimum absolute atomic E-state index is 0.172. The molecule has 2 rings (SSSR count). The lowest BCUT2D eigenvalue weighted by Gasteiger charge is -2.20. The molecule has 0 aromatic heterocycles. The second kappa shape index (κ2) is 14.8. The highest BCUT2D eigenvalue weighted by molar-refractivity contribution is 8.13. The van der Waals surface area contributed by atoms with E-state index in [2.05, 4.69) is 0 Å². The maximum Gasteiger partial charge on any atom is 0.370 e. The summed E-state index contributed by atoms with van der Waals surface area (Å²) < 4.78 is 19.5. The fourth-order valence-electron chi connectivity index (χ4n) is 3.89. The van der Waals surface area contributed by atoms with Gasteiger partial charge in [-0.25, -0.2) is 4.79 Å². The Balaban J connectivity index is 1.60. The average molecular weight is 489 g/mol. The quantitative estimate of drug-likeness (QED) is 0.336. The molecule has 10 nitrogen and oxygen atoms in total. The van der Waals surface area contributed by atoms with E-state index in [1.165, 1.54) is 0 Å². The Kier molecular flexibility index (Phi) is 12.1. The number of aliphatic carboxylic acids is 1. The molecular formula is C22H32O10S. The molecule has 1 N–H and O–H groups in total. The predicted molar refractivity (Wildman–Crippen MR) is 116 cm³/mol. The number of rotatable bonds is 11. The molecule has 2 saturated carbocycles. The van der Waals surface area contributed by atoms with Gasteiger partial charge in [-0.2, -0.15) is 0 Å². The number of hydrogen-bond donors (Lipinski definition) is 1. The van der Waals surface area contributed by atoms with Crippen molar-refractivity contribution in [2.24, 2.45) is 17.8 Å². The van der Waals surface area contributed by atoms with Crippen LogP contribution >= 0.6 is 11.8 Å². The van der Waals surface area contributed by atoms with E-state index in [0.29, 0.717) is 11.8 Å². The van der Waals surface area contributed by atoms with Gasteiger partial charge in [0.1, 0.15) is 0 Å². The number of carboxylic acids is 1. The first-order chi connectivity index (χ1) is 15.9. The van der Waals surface area contributed by atoms with Crippen LogP contribution in [0.4, 0.5) is 4.79 Å². The molecule has 2 aliphatic rings. The van der Waals surface area contributed by atoms with Crippen molar-refractivity contribution in [3.8, 4) is 0 Å². The zero-order valence-electron chi connectivity index (χ0n) is 18.7. The predicted octanol–water partition coefficient (Wildman–Crippen LogP) is 3.65. The van der Waals surface area contributed by atoms with Crippen LogP contribution in [0.2, 0.25) is 0 Å². The van der Waals surface area contributed by atoms with Crippen LogP contribution in [0.25, 0.3) is 0 Å². The zero-order chi connectivity index (χ0) is 24.1. The second-order valence-electron chi connectivity index (χ2n) is 8.29. The lowest BCUT2D eigenvalue weighted by Crippen LogP contribution is -2.25. The van der Waals surface area contributed by atoms with E-state index in [9.17, 15) is 29.1 Å². The van der Waals surface area contributed by atoms with Gasteiger partial charge in [-0.05, 0) is 37.4 Å². The van der Waals surface area contributed by atoms with Crippen molar-refractivity contribution in [2.45, 2.75) is 70.6 Å². The van der Waals surface area contributed by atoms with Crippen LogP contribution in [0, 0.1) is 17.8 Å². The van der Waals surface area contributed by atoms with E-state index in [-0.39, 0.29) is 17.6 Å². The minimum atomic E-state index is -1.28. The minimum Gasteiger partial charge on any atom is -0.481 e. The molecule has 0 unspecified atom stereocenters. The van der Waals surface area contributed by atoms with Crippen LogP contribution in [-0.2, 0) is 38.1 Å². The van der Waals surface area contributed by atoms with Crippen molar-refractivity contribution in [1.82, 2.24) is 0 Å². The van der Waals surface area contributed by atoms with Gasteiger partial charge < -0.3 is 24.1 Å². The summed E-state index contributed by atoms with van der Waals surface area (Å²) in [5, 5.41) is 8.47. The molecule has 0 amide bonds. The molecular weight excluding hydrogens is 456 g/mol. The lowest BCUT2D eigenvalue weighted by molar-refractivity contribution is -0.172. The molecule has 0 saturated heterocycles. The molecule has 0 aliphatic heterocycles. The lowest BCUT2D eigenvalue weighted by atomic mass is 9.89. The molecule has 0 aromatic carbocycles. The monoisotopic (exact) mass is 488 g/mol. The molecule has 0 radical (unpaired) electrons. The summed E-state index contributed by atoms with van der Waals surface area (Å²) in [6, 6.07) is 0. The Morgan fingerprint density at radius 3 is 1.70 bits per heavy atom. The highest BCUT2D eigenvalue weighted by atomic mass is 32.2. The van der Waals surface area contributed by atoms with Crippen molar-refractivity contribution in [3.63, 3.8) is 0 Å². The van der Waals surface area contributed by atoms with Gasteiger partial charge in [0.25, 0.3) is 0 Å². The van der Waals surface area contributed by atoms with Crippen molar-refractivity contribution in [2.75, 3.05) is 19.3 Å². The Morgan fingerprint density at radius 1 is 0.727 bits per heavy atom. The summed E-state index contributed by atoms with van der Waals surface area (Å²) in [6.45, 7) is -1.10. The van der Waals surface area contributed by atoms with Crippen molar-refractivity contribution in [1.29, 1.82) is 0 Å². The normalized spacial score (nSPS) is 18.1. The Bertz CT molecular complexity index is 683. The number of carbonyl (C=O) groups is 5. The smallest absolute Gasteiger partial charge is 0.370 e. The number of carboxylic acid groups (broad SMARTS) is 1. The van der Waals surface area contributed by atoms with Crippen molar-refractivity contribution >= 4 is 40.9 Å². The molecule has 186 valence electrons. The molecule has 2 aliphatic carbocycles. The third-order valence-electron chi connectivity index (χ3n) is 5.84. The maximum absolute atomic E-state index is 11.9. The number of hydrogen-bond acceptors (Lipinski definition) is 10. The van der Waals surface area contributed by atoms with Crippen LogP contribution in [-0.4, -0.2) is 53.6 Å². The van der Waals surface area contributed by atoms with Gasteiger partial charge in [-0.1, -0.05) is 38.5 Å². The summed E-state index contributed by atoms with van der Waals surface area (Å²) in [7, 11) is 0. The molecule has 0 heterocycles. The van der Waals surface area contributed by atoms with E-state index < -0.39 is 55.1 Å². The molecule has 1 atom stereocenters. The third kappa shape index (κ3) is 10.4. The largest absolute Gasteiger partial charge is 0.481 e. The van der Waals surface area contributed by atoms with Gasteiger partial charge in [0, 0.05) is 5.75 Å². The van der Waals surface area contributed by atoms with Crippen molar-refractivity contribution in [3.05, 3.63) is 0 Å². The topological polar surface area (TPSA) is 143 Å². The summed E-state index contributed by atoms with van der Waals surface area (Å²) >= 11 is 0.563. The first kappa shape index (κ1) is 26.9. The Hall–Kier alpha value is -2.30. The van der Waals surface area contributed by atoms with E-state index >= 15 is 0 Å². The van der Waals surface area contributed by atoms with Crippen LogP contribution in [0.15, 0.2) is 0 Å². The molecule has 2 fully saturated rings. The highest BCUT2D eigenvalue weighted by Gasteiger charge is 2.26. The number of esters is 3. The van der Waals surface area contributed by atoms with Gasteiger partial charge in [0.2, 0.25) is 13.6 Å². The summed E-state index contributed by atoms with van der Waals surface area (Å²) in [5.74, 6) is -4.74. The van der Waals surface area contributed by atoms with Crippen molar-refractivity contribution < 1.29 is 48.0 Å². The van der Waals surface area contributed by atoms with Gasteiger partial charge in [-0.15, -0.1) is 0 Å². The van der Waals surface area contributed by atoms with Crippen LogP contribution in [0.1, 0.15) is 70.6 Å². The highest BCUT2D eigenvalue weighted by Crippen LogP contribution is 2.25. The fourth-order valence-corrected chi connectivity index (χ4v) is 4.62. The van der Waals surface area contributed by atoms with E-state index in [1.54, 1.807) is 0 Å². The summed E-state index contributed by atoms with van der Waals surface area (Å²) in [6.07, 6.45) is 8.58. The first-order valence-corrected chi connectivity index (χ1v) is 12.4. The van der Waals surface area contributed by atoms with Gasteiger partial charge in [0.15, 0.2) is 0 Å². The third-order valence-corrected chi connectivity index (χ3v) is 6.76. The molecule has 33 heavy (non-hydrogen) atoms. The van der Waals surface area contributed by atoms with E-state index in [4.69, 9.17) is 18.9 Å². The first-order valence-electron chi connectivity index (χ1n) is 11.4. The van der Waals surface area contributed by atoms with Gasteiger partial charge in [-0.3, -0.25) is 19.2 Å². The van der Waals surface area contributed by atoms with Gasteiger partial charge >= 0.3 is 29.2 Å². The van der Waals surface area contributed by atoms with Gasteiger partial charge in [0.05, 0.1) is 24.2 Å². The molecule has 0 spiro atoms. The summed E-state index contributed by atoms with van der Waals surface area (Å²) in [4.78, 5) is 58.9. The standard InChI is InChI=1S/C22H32O10S/c23-18(29-13-30-20(26)15-7-3-1-4-8-15)11-17(19(24)25)12-33-22(28)32-14-31-21(27)16-9-5-2-6-10-16/h15-17H,1-14H2,(H,24,25)/t17-/m0/s1. The van der Waals surface area contributed by atoms with E-state index in [1.807, 2.05) is 0 Å². The number of carbonyl (C=O) groups excluding carboxylic acids is 4.